The van der Waals surface area contributed by atoms with Gasteiger partial charge in [0.2, 0.25) is 0 Å². The van der Waals surface area contributed by atoms with Gasteiger partial charge in [0.25, 0.3) is 0 Å². The molecule has 0 aliphatic carbocycles. The van der Waals surface area contributed by atoms with Gasteiger partial charge in [-0.15, -0.1) is 0 Å². The van der Waals surface area contributed by atoms with E-state index in [0.717, 1.165) is 5.56 Å². The van der Waals surface area contributed by atoms with Crippen molar-refractivity contribution in [3.8, 4) is 5.92 Å². The quantitative estimate of drug-likeness (QED) is 0.497. The second-order valence-electron chi connectivity index (χ2n) is 1.75. The Labute approximate surface area is 87.7 Å². The molecule has 1 aromatic rings. The van der Waals surface area contributed by atoms with Crippen LogP contribution in [0.4, 0.5) is 0 Å². The highest BCUT2D eigenvalue weighted by Crippen LogP contribution is 2.15. The Hall–Kier alpha value is 0.240. The molecule has 0 saturated carbocycles. The second kappa shape index (κ2) is 3.58. The van der Waals surface area contributed by atoms with Crippen LogP contribution in [-0.4, -0.2) is 0 Å². The molecule has 1 radical (unpaired) electrons. The second-order valence-corrected chi connectivity index (χ2v) is 4.08. The van der Waals surface area contributed by atoms with Gasteiger partial charge >= 0.3 is 0 Å². The monoisotopic (exact) mass is 353 g/mol. The highest BCUT2D eigenvalue weighted by Gasteiger charge is 1.94. The maximum Gasteiger partial charge on any atom is 0.0276 e. The van der Waals surface area contributed by atoms with Crippen LogP contribution in [0.25, 0.3) is 0 Å². The molecule has 0 bridgehead atoms. The first-order valence-electron chi connectivity index (χ1n) is 2.62. The fourth-order valence-corrected chi connectivity index (χ4v) is 1.42. The molecule has 49 valence electrons. The Kier molecular flexibility index (Phi) is 2.98. The van der Waals surface area contributed by atoms with Crippen LogP contribution < -0.4 is 0 Å². The minimum absolute atomic E-state index is 0.838. The van der Waals surface area contributed by atoms with Gasteiger partial charge in [0.1, 0.15) is 0 Å². The maximum atomic E-state index is 6.86. The zero-order valence-corrected chi connectivity index (χ0v) is 9.30. The predicted molar refractivity (Wildman–Crippen MR) is 58.1 cm³/mol. The van der Waals surface area contributed by atoms with Crippen molar-refractivity contribution in [2.45, 2.75) is 0 Å². The largest absolute Gasteiger partial charge is 0.0528 e. The first-order valence-corrected chi connectivity index (χ1v) is 4.77. The molecule has 0 heterocycles. The van der Waals surface area contributed by atoms with E-state index in [-0.39, 0.29) is 0 Å². The van der Waals surface area contributed by atoms with Crippen LogP contribution in [0, 0.1) is 19.5 Å². The molecule has 0 saturated heterocycles. The molecule has 1 aromatic carbocycles. The zero-order valence-electron chi connectivity index (χ0n) is 4.99. The van der Waals surface area contributed by atoms with E-state index >= 15 is 0 Å². The van der Waals surface area contributed by atoms with Crippen molar-refractivity contribution in [2.24, 2.45) is 0 Å². The lowest BCUT2D eigenvalue weighted by Crippen LogP contribution is -1.80. The van der Waals surface area contributed by atoms with Gasteiger partial charge in [-0.1, -0.05) is 5.92 Å². The average molecular weight is 353 g/mol. The molecule has 1 rings (SSSR count). The molecule has 0 spiro atoms. The number of halogens is 2. The van der Waals surface area contributed by atoms with Gasteiger partial charge in [0.15, 0.2) is 0 Å². The van der Waals surface area contributed by atoms with E-state index in [1.807, 2.05) is 18.2 Å². The lowest BCUT2D eigenvalue weighted by Gasteiger charge is -1.94. The lowest BCUT2D eigenvalue weighted by atomic mass is 10.2. The molecule has 0 N–H and O–H groups in total. The molecule has 10 heavy (non-hydrogen) atoms. The summed E-state index contributed by atoms with van der Waals surface area (Å²) < 4.78 is 2.40. The van der Waals surface area contributed by atoms with Crippen LogP contribution in [0.2, 0.25) is 0 Å². The molecule has 0 aliphatic heterocycles. The molecule has 0 nitrogen and oxygen atoms in total. The topological polar surface area (TPSA) is 0 Å². The summed E-state index contributed by atoms with van der Waals surface area (Å²) in [6, 6.07) is 5.81. The van der Waals surface area contributed by atoms with Gasteiger partial charge in [0.05, 0.1) is 0 Å². The number of benzene rings is 1. The van der Waals surface area contributed by atoms with Crippen molar-refractivity contribution in [3.63, 3.8) is 0 Å². The molecule has 2 heteroatoms. The molecule has 0 unspecified atom stereocenters. The summed E-state index contributed by atoms with van der Waals surface area (Å²) >= 11 is 4.50. The van der Waals surface area contributed by atoms with Gasteiger partial charge < -0.3 is 0 Å². The van der Waals surface area contributed by atoms with Crippen LogP contribution in [0.3, 0.4) is 0 Å². The third kappa shape index (κ3) is 1.86. The fraction of sp³-hybridized carbons (Fsp3) is 0. The molecule has 0 aliphatic rings. The van der Waals surface area contributed by atoms with Crippen molar-refractivity contribution in [2.75, 3.05) is 0 Å². The summed E-state index contributed by atoms with van der Waals surface area (Å²) in [5, 5.41) is 0. The molecular formula is C8H3I2. The third-order valence-corrected chi connectivity index (χ3v) is 3.93. The predicted octanol–water partition coefficient (Wildman–Crippen LogP) is 2.83. The van der Waals surface area contributed by atoms with E-state index in [1.54, 1.807) is 0 Å². The van der Waals surface area contributed by atoms with Crippen molar-refractivity contribution in [3.05, 3.63) is 37.3 Å². The fourth-order valence-electron chi connectivity index (χ4n) is 0.574. The first kappa shape index (κ1) is 8.34. The van der Waals surface area contributed by atoms with Crippen molar-refractivity contribution < 1.29 is 0 Å². The summed E-state index contributed by atoms with van der Waals surface area (Å²) in [5.74, 6) is 2.34. The standard InChI is InChI=1S/C8H3I2/c1-2-6-3-4-7(9)8(10)5-6/h3-5H. The molecule has 0 amide bonds. The van der Waals surface area contributed by atoms with Crippen molar-refractivity contribution in [1.82, 2.24) is 0 Å². The van der Waals surface area contributed by atoms with Crippen molar-refractivity contribution in [1.29, 1.82) is 0 Å². The van der Waals surface area contributed by atoms with E-state index in [9.17, 15) is 0 Å². The van der Waals surface area contributed by atoms with Crippen LogP contribution in [0.1, 0.15) is 5.56 Å². The van der Waals surface area contributed by atoms with Gasteiger partial charge in [-0.25, -0.2) is 0 Å². The lowest BCUT2D eigenvalue weighted by molar-refractivity contribution is 1.54. The van der Waals surface area contributed by atoms with E-state index in [1.165, 1.54) is 7.14 Å². The molecule has 0 aromatic heterocycles. The van der Waals surface area contributed by atoms with Gasteiger partial charge in [-0.05, 0) is 69.8 Å². The molecule has 0 fully saturated rings. The Morgan fingerprint density at radius 1 is 1.20 bits per heavy atom. The SMILES string of the molecule is [C]#Cc1ccc(I)c(I)c1. The Morgan fingerprint density at radius 3 is 2.40 bits per heavy atom. The Balaban J connectivity index is 3.20. The number of hydrogen-bond acceptors (Lipinski definition) is 0. The Morgan fingerprint density at radius 2 is 1.90 bits per heavy atom. The molecule has 0 atom stereocenters. The van der Waals surface area contributed by atoms with Crippen LogP contribution in [-0.2, 0) is 0 Å². The number of hydrogen-bond donors (Lipinski definition) is 0. The summed E-state index contributed by atoms with van der Waals surface area (Å²) in [5.41, 5.74) is 0.838. The summed E-state index contributed by atoms with van der Waals surface area (Å²) in [6.45, 7) is 0. The van der Waals surface area contributed by atoms with E-state index in [0.29, 0.717) is 0 Å². The summed E-state index contributed by atoms with van der Waals surface area (Å²) in [6.07, 6.45) is 6.86. The average Bonchev–Trinajstić information content (AvgIpc) is 1.95. The van der Waals surface area contributed by atoms with Crippen LogP contribution in [0.5, 0.6) is 0 Å². The summed E-state index contributed by atoms with van der Waals surface area (Å²) in [4.78, 5) is 0. The maximum absolute atomic E-state index is 6.86. The minimum Gasteiger partial charge on any atom is -0.0528 e. The highest BCUT2D eigenvalue weighted by atomic mass is 127. The smallest absolute Gasteiger partial charge is 0.0276 e. The molecular weight excluding hydrogens is 350 g/mol. The Bertz CT molecular complexity index is 284. The highest BCUT2D eigenvalue weighted by molar-refractivity contribution is 14.1. The normalized spacial score (nSPS) is 8.90. The van der Waals surface area contributed by atoms with Gasteiger partial charge in [-0.2, -0.15) is 0 Å². The minimum atomic E-state index is 0.838. The van der Waals surface area contributed by atoms with E-state index in [2.05, 4.69) is 51.1 Å². The summed E-state index contributed by atoms with van der Waals surface area (Å²) in [7, 11) is 0. The van der Waals surface area contributed by atoms with E-state index in [4.69, 9.17) is 6.42 Å². The van der Waals surface area contributed by atoms with Crippen molar-refractivity contribution >= 4 is 45.2 Å². The van der Waals surface area contributed by atoms with Gasteiger partial charge in [0, 0.05) is 12.7 Å². The number of rotatable bonds is 0. The zero-order chi connectivity index (χ0) is 7.56. The van der Waals surface area contributed by atoms with Crippen LogP contribution in [0.15, 0.2) is 18.2 Å². The van der Waals surface area contributed by atoms with Gasteiger partial charge in [-0.3, -0.25) is 0 Å². The van der Waals surface area contributed by atoms with Crippen LogP contribution >= 0.6 is 45.2 Å². The first-order chi connectivity index (χ1) is 4.74. The third-order valence-electron chi connectivity index (χ3n) is 1.06. The van der Waals surface area contributed by atoms with E-state index < -0.39 is 0 Å².